The molecule has 12 heteroatoms. The van der Waals surface area contributed by atoms with E-state index in [1.54, 1.807) is 22.4 Å². The van der Waals surface area contributed by atoms with Crippen LogP contribution in [0.15, 0.2) is 46.9 Å². The Kier molecular flexibility index (Phi) is 12.4. The number of benzene rings is 1. The average Bonchev–Trinajstić information content (AvgIpc) is 3.35. The number of pyridine rings is 1. The summed E-state index contributed by atoms with van der Waals surface area (Å²) in [6.07, 6.45) is 1.45. The van der Waals surface area contributed by atoms with Gasteiger partial charge < -0.3 is 14.8 Å². The van der Waals surface area contributed by atoms with Crippen molar-refractivity contribution in [3.63, 3.8) is 0 Å². The molecule has 9 nitrogen and oxygen atoms in total. The van der Waals surface area contributed by atoms with E-state index in [0.29, 0.717) is 43.2 Å². The van der Waals surface area contributed by atoms with Crippen molar-refractivity contribution in [1.82, 2.24) is 19.5 Å². The van der Waals surface area contributed by atoms with Gasteiger partial charge in [0.25, 0.3) is 5.91 Å². The van der Waals surface area contributed by atoms with Crippen LogP contribution in [0.3, 0.4) is 0 Å². The molecule has 0 unspecified atom stereocenters. The fourth-order valence-electron chi connectivity index (χ4n) is 3.57. The Morgan fingerprint density at radius 3 is 2.45 bits per heavy atom. The first-order valence-electron chi connectivity index (χ1n) is 12.3. The van der Waals surface area contributed by atoms with Crippen LogP contribution in [-0.2, 0) is 11.3 Å². The molecule has 3 heterocycles. The predicted molar refractivity (Wildman–Crippen MR) is 146 cm³/mol. The van der Waals surface area contributed by atoms with Crippen molar-refractivity contribution in [2.75, 3.05) is 33.3 Å². The Balaban J connectivity index is 0.00000121. The number of halogens is 2. The second-order valence-corrected chi connectivity index (χ2v) is 8.79. The second kappa shape index (κ2) is 15.2. The van der Waals surface area contributed by atoms with Crippen LogP contribution in [0.2, 0.25) is 5.02 Å². The highest BCUT2D eigenvalue weighted by molar-refractivity contribution is 7.07. The number of ether oxygens (including phenoxy) is 1. The number of methoxy groups -OCH3 is 1. The molecule has 1 aliphatic rings. The lowest BCUT2D eigenvalue weighted by atomic mass is 10.1. The summed E-state index contributed by atoms with van der Waals surface area (Å²) in [6.45, 7) is 10.3. The number of carbonyl (C=O) groups is 2. The van der Waals surface area contributed by atoms with Gasteiger partial charge in [-0.3, -0.25) is 9.69 Å². The van der Waals surface area contributed by atoms with Crippen molar-refractivity contribution in [3.05, 3.63) is 74.4 Å². The number of aromatic nitrogens is 2. The van der Waals surface area contributed by atoms with Gasteiger partial charge in [-0.05, 0) is 24.3 Å². The van der Waals surface area contributed by atoms with Crippen LogP contribution in [0.1, 0.15) is 54.1 Å². The molecule has 0 spiro atoms. The maximum atomic E-state index is 14.2. The van der Waals surface area contributed by atoms with E-state index in [-0.39, 0.29) is 22.0 Å². The zero-order chi connectivity index (χ0) is 28.2. The van der Waals surface area contributed by atoms with Crippen molar-refractivity contribution >= 4 is 40.6 Å². The van der Waals surface area contributed by atoms with Gasteiger partial charge in [-0.25, -0.2) is 14.2 Å². The summed E-state index contributed by atoms with van der Waals surface area (Å²) in [5, 5.41) is 11.4. The SMILES string of the molecule is CC.CC.COC(=O)c1cc(CN2CCN(C(=O)c3cccc(Cl)c3F)CC2)nc(/N=c2\sccn2O)c1. The highest BCUT2D eigenvalue weighted by Crippen LogP contribution is 2.21. The molecule has 1 fully saturated rings. The van der Waals surface area contributed by atoms with Crippen molar-refractivity contribution in [1.29, 1.82) is 0 Å². The molecule has 3 aromatic rings. The quantitative estimate of drug-likeness (QED) is 0.345. The number of amides is 1. The highest BCUT2D eigenvalue weighted by atomic mass is 35.5. The van der Waals surface area contributed by atoms with Crippen molar-refractivity contribution in [2.45, 2.75) is 34.2 Å². The molecule has 1 aliphatic heterocycles. The third-order valence-corrected chi connectivity index (χ3v) is 6.33. The fourth-order valence-corrected chi connectivity index (χ4v) is 4.35. The molecule has 206 valence electrons. The van der Waals surface area contributed by atoms with Gasteiger partial charge in [0.1, 0.15) is 0 Å². The Morgan fingerprint density at radius 2 is 1.84 bits per heavy atom. The van der Waals surface area contributed by atoms with Crippen molar-refractivity contribution in [2.24, 2.45) is 4.99 Å². The van der Waals surface area contributed by atoms with E-state index in [9.17, 15) is 19.2 Å². The molecular formula is C26H33ClFN5O4S. The van der Waals surface area contributed by atoms with Crippen LogP contribution in [-0.4, -0.2) is 69.9 Å². The molecule has 38 heavy (non-hydrogen) atoms. The van der Waals surface area contributed by atoms with E-state index in [2.05, 4.69) is 14.9 Å². The standard InChI is InChI=1S/C22H21ClFN5O4S.2C2H6/c1-33-21(31)14-11-15(25-18(12-14)26-22-29(32)9-10-34-22)13-27-5-7-28(8-6-27)20(30)16-3-2-4-17(23)19(16)24;2*1-2/h2-4,9-12,32H,5-8,13H2,1H3;2*1-2H3/b26-22-;;. The predicted octanol–water partition coefficient (Wildman–Crippen LogP) is 5.00. The lowest BCUT2D eigenvalue weighted by Gasteiger charge is -2.34. The number of rotatable bonds is 5. The molecule has 0 radical (unpaired) electrons. The maximum absolute atomic E-state index is 14.2. The molecule has 0 aliphatic carbocycles. The first kappa shape index (κ1) is 30.9. The minimum atomic E-state index is -0.716. The van der Waals surface area contributed by atoms with Crippen molar-refractivity contribution < 1.29 is 23.9 Å². The Hall–Kier alpha value is -3.28. The van der Waals surface area contributed by atoms with E-state index < -0.39 is 17.7 Å². The average molecular weight is 566 g/mol. The number of nitrogens with zero attached hydrogens (tertiary/aromatic N) is 5. The molecular weight excluding hydrogens is 533 g/mol. The minimum absolute atomic E-state index is 0.0469. The summed E-state index contributed by atoms with van der Waals surface area (Å²) in [6, 6.07) is 7.50. The fraction of sp³-hybridized carbons (Fsp3) is 0.385. The number of carbonyl (C=O) groups excluding carboxylic acids is 2. The Labute approximate surface area is 230 Å². The summed E-state index contributed by atoms with van der Waals surface area (Å²) < 4.78 is 19.9. The normalized spacial score (nSPS) is 13.7. The molecule has 0 saturated carbocycles. The number of esters is 1. The maximum Gasteiger partial charge on any atom is 0.338 e. The van der Waals surface area contributed by atoms with Crippen LogP contribution < -0.4 is 4.80 Å². The summed E-state index contributed by atoms with van der Waals surface area (Å²) in [5.41, 5.74) is 0.829. The smallest absolute Gasteiger partial charge is 0.338 e. The minimum Gasteiger partial charge on any atom is -0.465 e. The van der Waals surface area contributed by atoms with E-state index in [1.807, 2.05) is 27.7 Å². The van der Waals surface area contributed by atoms with Gasteiger partial charge >= 0.3 is 5.97 Å². The van der Waals surface area contributed by atoms with Gasteiger partial charge in [0, 0.05) is 38.1 Å². The van der Waals surface area contributed by atoms with Crippen molar-refractivity contribution in [3.8, 4) is 0 Å². The zero-order valence-corrected chi connectivity index (χ0v) is 23.7. The lowest BCUT2D eigenvalue weighted by molar-refractivity contribution is 0.0594. The second-order valence-electron chi connectivity index (χ2n) is 7.51. The molecule has 1 N–H and O–H groups in total. The summed E-state index contributed by atoms with van der Waals surface area (Å²) in [7, 11) is 1.29. The summed E-state index contributed by atoms with van der Waals surface area (Å²) in [5.74, 6) is -1.39. The monoisotopic (exact) mass is 565 g/mol. The lowest BCUT2D eigenvalue weighted by Crippen LogP contribution is -2.48. The largest absolute Gasteiger partial charge is 0.465 e. The van der Waals surface area contributed by atoms with Gasteiger partial charge in [0.15, 0.2) is 11.6 Å². The van der Waals surface area contributed by atoms with E-state index in [4.69, 9.17) is 16.3 Å². The molecule has 1 saturated heterocycles. The first-order chi connectivity index (χ1) is 18.4. The van der Waals surface area contributed by atoms with E-state index >= 15 is 0 Å². The highest BCUT2D eigenvalue weighted by Gasteiger charge is 2.25. The third-order valence-electron chi connectivity index (χ3n) is 5.29. The molecule has 0 bridgehead atoms. The third kappa shape index (κ3) is 7.86. The molecule has 4 rings (SSSR count). The topological polar surface area (TPSA) is 100 Å². The van der Waals surface area contributed by atoms with Crippen LogP contribution in [0.4, 0.5) is 10.2 Å². The number of piperazine rings is 1. The molecule has 1 aromatic carbocycles. The van der Waals surface area contributed by atoms with Gasteiger partial charge in [-0.15, -0.1) is 11.3 Å². The zero-order valence-electron chi connectivity index (χ0n) is 22.1. The first-order valence-corrected chi connectivity index (χ1v) is 13.6. The van der Waals surface area contributed by atoms with Crippen LogP contribution in [0.25, 0.3) is 0 Å². The van der Waals surface area contributed by atoms with Crippen LogP contribution in [0, 0.1) is 5.82 Å². The molecule has 0 atom stereocenters. The van der Waals surface area contributed by atoms with E-state index in [0.717, 1.165) is 4.73 Å². The Bertz CT molecular complexity index is 1290. The molecule has 2 aromatic heterocycles. The number of thiazole rings is 1. The Morgan fingerprint density at radius 1 is 1.16 bits per heavy atom. The van der Waals surface area contributed by atoms with E-state index in [1.165, 1.54) is 42.8 Å². The van der Waals surface area contributed by atoms with Crippen LogP contribution in [0.5, 0.6) is 0 Å². The number of hydrogen-bond donors (Lipinski definition) is 1. The van der Waals surface area contributed by atoms with Gasteiger partial charge in [0.05, 0.1) is 35.2 Å². The summed E-state index contributed by atoms with van der Waals surface area (Å²) >= 11 is 7.02. The summed E-state index contributed by atoms with van der Waals surface area (Å²) in [4.78, 5) is 37.6. The molecule has 1 amide bonds. The van der Waals surface area contributed by atoms with Gasteiger partial charge in [-0.2, -0.15) is 9.72 Å². The van der Waals surface area contributed by atoms with Gasteiger partial charge in [0.2, 0.25) is 4.80 Å². The number of hydrogen-bond acceptors (Lipinski definition) is 8. The van der Waals surface area contributed by atoms with Gasteiger partial charge in [-0.1, -0.05) is 45.4 Å². The van der Waals surface area contributed by atoms with Crippen LogP contribution >= 0.6 is 22.9 Å².